The van der Waals surface area contributed by atoms with Crippen LogP contribution in [0.4, 0.5) is 5.69 Å². The van der Waals surface area contributed by atoms with Crippen molar-refractivity contribution in [3.8, 4) is 0 Å². The van der Waals surface area contributed by atoms with E-state index in [2.05, 4.69) is 68.6 Å². The lowest BCUT2D eigenvalue weighted by Gasteiger charge is -2.21. The summed E-state index contributed by atoms with van der Waals surface area (Å²) in [6.07, 6.45) is 0. The van der Waals surface area contributed by atoms with E-state index in [0.717, 1.165) is 19.6 Å². The lowest BCUT2D eigenvalue weighted by Crippen LogP contribution is -2.24. The second-order valence-corrected chi connectivity index (χ2v) is 4.82. The second-order valence-electron chi connectivity index (χ2n) is 4.82. The first-order valence-corrected chi connectivity index (χ1v) is 6.16. The van der Waals surface area contributed by atoms with Crippen LogP contribution in [-0.4, -0.2) is 32.1 Å². The average Bonchev–Trinajstić information content (AvgIpc) is 2.28. The van der Waals surface area contributed by atoms with Gasteiger partial charge < -0.3 is 4.90 Å². The van der Waals surface area contributed by atoms with Gasteiger partial charge >= 0.3 is 0 Å². The molecule has 94 valence electrons. The third-order valence-corrected chi connectivity index (χ3v) is 2.80. The van der Waals surface area contributed by atoms with E-state index in [1.807, 2.05) is 0 Å². The molecule has 0 aliphatic heterocycles. The normalized spacial score (nSPS) is 10.6. The maximum Gasteiger partial charge on any atom is 0.0361 e. The van der Waals surface area contributed by atoms with Crippen LogP contribution >= 0.6 is 0 Å². The van der Waals surface area contributed by atoms with E-state index >= 15 is 0 Å². The molecule has 1 aromatic rings. The molecular formula is C15H24N2. The third-order valence-electron chi connectivity index (χ3n) is 2.80. The molecular weight excluding hydrogens is 208 g/mol. The number of nitrogens with zero attached hydrogens (tertiary/aromatic N) is 2. The van der Waals surface area contributed by atoms with Crippen molar-refractivity contribution in [1.29, 1.82) is 0 Å². The van der Waals surface area contributed by atoms with E-state index in [9.17, 15) is 0 Å². The molecule has 17 heavy (non-hydrogen) atoms. The first-order valence-electron chi connectivity index (χ1n) is 6.16. The van der Waals surface area contributed by atoms with Crippen LogP contribution in [0.15, 0.2) is 36.4 Å². The number of benzene rings is 1. The van der Waals surface area contributed by atoms with E-state index in [0.29, 0.717) is 0 Å². The van der Waals surface area contributed by atoms with Crippen LogP contribution < -0.4 is 4.90 Å². The van der Waals surface area contributed by atoms with Crippen molar-refractivity contribution < 1.29 is 0 Å². The van der Waals surface area contributed by atoms with Crippen molar-refractivity contribution in [3.63, 3.8) is 0 Å². The first kappa shape index (κ1) is 13.8. The molecule has 1 aromatic carbocycles. The van der Waals surface area contributed by atoms with Crippen molar-refractivity contribution in [3.05, 3.63) is 42.0 Å². The maximum atomic E-state index is 3.97. The van der Waals surface area contributed by atoms with Crippen LogP contribution in [0, 0.1) is 0 Å². The molecule has 2 heteroatoms. The molecule has 0 aliphatic rings. The fourth-order valence-electron chi connectivity index (χ4n) is 1.82. The number of hydrogen-bond donors (Lipinski definition) is 0. The minimum Gasteiger partial charge on any atom is -0.378 e. The standard InChI is InChI=1S/C15H24N2/c1-6-17(11-13(2)3)12-14-7-9-15(10-8-14)16(4)5/h7-10H,2,6,11-12H2,1,3-5H3. The zero-order valence-electron chi connectivity index (χ0n) is 11.5. The van der Waals surface area contributed by atoms with Gasteiger partial charge in [-0.2, -0.15) is 0 Å². The van der Waals surface area contributed by atoms with Gasteiger partial charge in [-0.1, -0.05) is 31.2 Å². The van der Waals surface area contributed by atoms with E-state index < -0.39 is 0 Å². The monoisotopic (exact) mass is 232 g/mol. The number of anilines is 1. The largest absolute Gasteiger partial charge is 0.378 e. The predicted octanol–water partition coefficient (Wildman–Crippen LogP) is 3.15. The fourth-order valence-corrected chi connectivity index (χ4v) is 1.82. The van der Waals surface area contributed by atoms with Gasteiger partial charge in [0.1, 0.15) is 0 Å². The minimum absolute atomic E-state index is 0.978. The Kier molecular flexibility index (Phi) is 5.23. The highest BCUT2D eigenvalue weighted by atomic mass is 15.1. The maximum absolute atomic E-state index is 3.97. The molecule has 1 rings (SSSR count). The number of hydrogen-bond acceptors (Lipinski definition) is 2. The van der Waals surface area contributed by atoms with Gasteiger partial charge in [0.15, 0.2) is 0 Å². The Morgan fingerprint density at radius 2 is 1.76 bits per heavy atom. The minimum atomic E-state index is 0.978. The van der Waals surface area contributed by atoms with Gasteiger partial charge in [0.05, 0.1) is 0 Å². The quantitative estimate of drug-likeness (QED) is 0.695. The molecule has 0 radical (unpaired) electrons. The first-order chi connectivity index (χ1) is 8.02. The molecule has 0 saturated heterocycles. The summed E-state index contributed by atoms with van der Waals surface area (Å²) in [6.45, 7) is 11.3. The predicted molar refractivity (Wildman–Crippen MR) is 76.5 cm³/mol. The van der Waals surface area contributed by atoms with Crippen LogP contribution in [0.25, 0.3) is 0 Å². The molecule has 0 N–H and O–H groups in total. The van der Waals surface area contributed by atoms with Crippen molar-refractivity contribution in [1.82, 2.24) is 4.90 Å². The summed E-state index contributed by atoms with van der Waals surface area (Å²) >= 11 is 0. The summed E-state index contributed by atoms with van der Waals surface area (Å²) in [6, 6.07) is 8.75. The Balaban J connectivity index is 2.64. The Labute approximate surface area is 106 Å². The Bertz CT molecular complexity index is 352. The van der Waals surface area contributed by atoms with Gasteiger partial charge in [-0.25, -0.2) is 0 Å². The fraction of sp³-hybridized carbons (Fsp3) is 0.467. The topological polar surface area (TPSA) is 6.48 Å². The van der Waals surface area contributed by atoms with Gasteiger partial charge in [-0.15, -0.1) is 0 Å². The molecule has 0 spiro atoms. The van der Waals surface area contributed by atoms with Crippen molar-refractivity contribution >= 4 is 5.69 Å². The van der Waals surface area contributed by atoms with E-state index in [-0.39, 0.29) is 0 Å². The van der Waals surface area contributed by atoms with Crippen molar-refractivity contribution in [2.45, 2.75) is 20.4 Å². The van der Waals surface area contributed by atoms with Gasteiger partial charge in [0, 0.05) is 32.9 Å². The van der Waals surface area contributed by atoms with Crippen LogP contribution in [0.5, 0.6) is 0 Å². The Morgan fingerprint density at radius 3 is 2.18 bits per heavy atom. The molecule has 0 amide bonds. The lowest BCUT2D eigenvalue weighted by molar-refractivity contribution is 0.304. The molecule has 0 heterocycles. The highest BCUT2D eigenvalue weighted by Crippen LogP contribution is 2.14. The Morgan fingerprint density at radius 1 is 1.18 bits per heavy atom. The van der Waals surface area contributed by atoms with E-state index in [1.54, 1.807) is 0 Å². The zero-order chi connectivity index (χ0) is 12.8. The number of rotatable bonds is 6. The highest BCUT2D eigenvalue weighted by Gasteiger charge is 2.04. The summed E-state index contributed by atoms with van der Waals surface area (Å²) in [5.74, 6) is 0. The summed E-state index contributed by atoms with van der Waals surface area (Å²) in [5, 5.41) is 0. The van der Waals surface area contributed by atoms with Crippen molar-refractivity contribution in [2.75, 3.05) is 32.1 Å². The van der Waals surface area contributed by atoms with Crippen molar-refractivity contribution in [2.24, 2.45) is 0 Å². The molecule has 0 bridgehead atoms. The zero-order valence-corrected chi connectivity index (χ0v) is 11.5. The van der Waals surface area contributed by atoms with Gasteiger partial charge in [-0.05, 0) is 31.2 Å². The molecule has 0 saturated carbocycles. The van der Waals surface area contributed by atoms with Gasteiger partial charge in [0.2, 0.25) is 0 Å². The SMILES string of the molecule is C=C(C)CN(CC)Cc1ccc(N(C)C)cc1. The third kappa shape index (κ3) is 4.61. The summed E-state index contributed by atoms with van der Waals surface area (Å²) in [5.41, 5.74) is 3.83. The van der Waals surface area contributed by atoms with Crippen LogP contribution in [0.3, 0.4) is 0 Å². The summed E-state index contributed by atoms with van der Waals surface area (Å²) in [4.78, 5) is 4.52. The lowest BCUT2D eigenvalue weighted by atomic mass is 10.1. The van der Waals surface area contributed by atoms with Gasteiger partial charge in [-0.3, -0.25) is 4.90 Å². The van der Waals surface area contributed by atoms with E-state index in [1.165, 1.54) is 16.8 Å². The number of likely N-dealkylation sites (N-methyl/N-ethyl adjacent to an activating group) is 1. The molecule has 0 unspecified atom stereocenters. The van der Waals surface area contributed by atoms with E-state index in [4.69, 9.17) is 0 Å². The summed E-state index contributed by atoms with van der Waals surface area (Å²) < 4.78 is 0. The van der Waals surface area contributed by atoms with Crippen LogP contribution in [-0.2, 0) is 6.54 Å². The smallest absolute Gasteiger partial charge is 0.0361 e. The van der Waals surface area contributed by atoms with Crippen LogP contribution in [0.1, 0.15) is 19.4 Å². The van der Waals surface area contributed by atoms with Gasteiger partial charge in [0.25, 0.3) is 0 Å². The molecule has 2 nitrogen and oxygen atoms in total. The summed E-state index contributed by atoms with van der Waals surface area (Å²) in [7, 11) is 4.13. The Hall–Kier alpha value is -1.28. The van der Waals surface area contributed by atoms with Crippen LogP contribution in [0.2, 0.25) is 0 Å². The highest BCUT2D eigenvalue weighted by molar-refractivity contribution is 5.45. The average molecular weight is 232 g/mol. The molecule has 0 aliphatic carbocycles. The second kappa shape index (κ2) is 6.45. The molecule has 0 aromatic heterocycles. The molecule has 0 atom stereocenters. The molecule has 0 fully saturated rings.